The minimum absolute atomic E-state index is 0.0186. The van der Waals surface area contributed by atoms with Crippen LogP contribution in [-0.4, -0.2) is 42.3 Å². The summed E-state index contributed by atoms with van der Waals surface area (Å²) in [5.74, 6) is -0.108. The molecule has 2 aromatic carbocycles. The Kier molecular flexibility index (Phi) is 7.22. The van der Waals surface area contributed by atoms with Crippen molar-refractivity contribution in [3.05, 3.63) is 65.7 Å². The number of piperidine rings is 1. The Balaban J connectivity index is 1.64. The molecule has 158 valence electrons. The fourth-order valence-corrected chi connectivity index (χ4v) is 3.53. The van der Waals surface area contributed by atoms with Gasteiger partial charge in [-0.2, -0.15) is 0 Å². The van der Waals surface area contributed by atoms with Crippen LogP contribution in [0.3, 0.4) is 0 Å². The van der Waals surface area contributed by atoms with Crippen LogP contribution < -0.4 is 10.6 Å². The summed E-state index contributed by atoms with van der Waals surface area (Å²) in [6.45, 7) is 5.81. The number of anilines is 1. The van der Waals surface area contributed by atoms with E-state index < -0.39 is 0 Å². The zero-order valence-corrected chi connectivity index (χ0v) is 17.6. The summed E-state index contributed by atoms with van der Waals surface area (Å²) >= 11 is 0. The summed E-state index contributed by atoms with van der Waals surface area (Å²) in [4.78, 5) is 39.6. The first kappa shape index (κ1) is 21.6. The van der Waals surface area contributed by atoms with Crippen LogP contribution in [0, 0.1) is 11.8 Å². The lowest BCUT2D eigenvalue weighted by Crippen LogP contribution is -2.46. The Bertz CT molecular complexity index is 896. The first-order valence-electron chi connectivity index (χ1n) is 10.5. The molecule has 0 aromatic heterocycles. The van der Waals surface area contributed by atoms with Gasteiger partial charge in [0.05, 0.1) is 5.92 Å². The SMILES string of the molecule is CC(C)CNC(=O)[C@H]1CCCN(C(=O)c2cccc(NC(=O)c3ccccc3)c2)C1. The number of likely N-dealkylation sites (tertiary alicyclic amines) is 1. The molecule has 2 N–H and O–H groups in total. The van der Waals surface area contributed by atoms with Crippen LogP contribution in [0.5, 0.6) is 0 Å². The van der Waals surface area contributed by atoms with E-state index in [1.165, 1.54) is 0 Å². The summed E-state index contributed by atoms with van der Waals surface area (Å²) in [5, 5.41) is 5.81. The molecular formula is C24H29N3O3. The molecule has 0 saturated carbocycles. The molecule has 1 heterocycles. The number of amides is 3. The molecule has 0 aliphatic carbocycles. The van der Waals surface area contributed by atoms with Crippen molar-refractivity contribution in [2.45, 2.75) is 26.7 Å². The Labute approximate surface area is 177 Å². The number of nitrogens with zero attached hydrogens (tertiary/aromatic N) is 1. The highest BCUT2D eigenvalue weighted by Crippen LogP contribution is 2.20. The number of hydrogen-bond acceptors (Lipinski definition) is 3. The zero-order valence-electron chi connectivity index (χ0n) is 17.6. The van der Waals surface area contributed by atoms with Crippen molar-refractivity contribution in [3.63, 3.8) is 0 Å². The van der Waals surface area contributed by atoms with Crippen LogP contribution in [0.15, 0.2) is 54.6 Å². The lowest BCUT2D eigenvalue weighted by atomic mass is 9.96. The largest absolute Gasteiger partial charge is 0.356 e. The van der Waals surface area contributed by atoms with E-state index in [1.54, 1.807) is 53.4 Å². The standard InChI is InChI=1S/C24H29N3O3/c1-17(2)15-25-22(28)20-11-7-13-27(16-20)24(30)19-10-6-12-21(14-19)26-23(29)18-8-4-3-5-9-18/h3-6,8-10,12,14,17,20H,7,11,13,15-16H2,1-2H3,(H,25,28)(H,26,29)/t20-/m0/s1. The third-order valence-corrected chi connectivity index (χ3v) is 5.17. The van der Waals surface area contributed by atoms with E-state index in [-0.39, 0.29) is 23.6 Å². The molecule has 6 nitrogen and oxygen atoms in total. The molecule has 3 amide bonds. The lowest BCUT2D eigenvalue weighted by Gasteiger charge is -2.32. The third kappa shape index (κ3) is 5.69. The van der Waals surface area contributed by atoms with Gasteiger partial charge in [0, 0.05) is 36.4 Å². The van der Waals surface area contributed by atoms with Crippen molar-refractivity contribution in [1.82, 2.24) is 10.2 Å². The second kappa shape index (κ2) is 10.1. The zero-order chi connectivity index (χ0) is 21.5. The molecule has 0 unspecified atom stereocenters. The Morgan fingerprint density at radius 2 is 1.77 bits per heavy atom. The second-order valence-corrected chi connectivity index (χ2v) is 8.13. The lowest BCUT2D eigenvalue weighted by molar-refractivity contribution is -0.126. The molecule has 0 bridgehead atoms. The van der Waals surface area contributed by atoms with Crippen molar-refractivity contribution in [1.29, 1.82) is 0 Å². The smallest absolute Gasteiger partial charge is 0.255 e. The third-order valence-electron chi connectivity index (χ3n) is 5.17. The van der Waals surface area contributed by atoms with Crippen molar-refractivity contribution < 1.29 is 14.4 Å². The van der Waals surface area contributed by atoms with Crippen LogP contribution in [-0.2, 0) is 4.79 Å². The maximum Gasteiger partial charge on any atom is 0.255 e. The molecule has 1 aliphatic heterocycles. The summed E-state index contributed by atoms with van der Waals surface area (Å²) in [6, 6.07) is 15.9. The van der Waals surface area contributed by atoms with Gasteiger partial charge in [0.1, 0.15) is 0 Å². The average Bonchev–Trinajstić information content (AvgIpc) is 2.77. The van der Waals surface area contributed by atoms with E-state index in [9.17, 15) is 14.4 Å². The first-order chi connectivity index (χ1) is 14.4. The monoisotopic (exact) mass is 407 g/mol. The molecule has 6 heteroatoms. The Morgan fingerprint density at radius 1 is 1.03 bits per heavy atom. The van der Waals surface area contributed by atoms with E-state index in [2.05, 4.69) is 24.5 Å². The van der Waals surface area contributed by atoms with Crippen molar-refractivity contribution >= 4 is 23.4 Å². The van der Waals surface area contributed by atoms with Crippen LogP contribution in [0.1, 0.15) is 47.4 Å². The average molecular weight is 408 g/mol. The van der Waals surface area contributed by atoms with Crippen LogP contribution in [0.25, 0.3) is 0 Å². The minimum Gasteiger partial charge on any atom is -0.356 e. The van der Waals surface area contributed by atoms with Crippen LogP contribution in [0.4, 0.5) is 5.69 Å². The Hall–Kier alpha value is -3.15. The van der Waals surface area contributed by atoms with Gasteiger partial charge in [0.25, 0.3) is 11.8 Å². The van der Waals surface area contributed by atoms with Crippen molar-refractivity contribution in [3.8, 4) is 0 Å². The number of carbonyl (C=O) groups is 3. The van der Waals surface area contributed by atoms with Gasteiger partial charge in [-0.3, -0.25) is 14.4 Å². The van der Waals surface area contributed by atoms with E-state index in [4.69, 9.17) is 0 Å². The highest BCUT2D eigenvalue weighted by Gasteiger charge is 2.29. The van der Waals surface area contributed by atoms with Gasteiger partial charge in [-0.25, -0.2) is 0 Å². The molecule has 30 heavy (non-hydrogen) atoms. The predicted octanol–water partition coefficient (Wildman–Crippen LogP) is 3.56. The van der Waals surface area contributed by atoms with Crippen LogP contribution in [0.2, 0.25) is 0 Å². The molecule has 0 radical (unpaired) electrons. The maximum atomic E-state index is 13.0. The van der Waals surface area contributed by atoms with Gasteiger partial charge >= 0.3 is 0 Å². The normalized spacial score (nSPS) is 16.2. The molecule has 2 aromatic rings. The quantitative estimate of drug-likeness (QED) is 0.768. The van der Waals surface area contributed by atoms with Crippen molar-refractivity contribution in [2.24, 2.45) is 11.8 Å². The van der Waals surface area contributed by atoms with Gasteiger partial charge in [-0.15, -0.1) is 0 Å². The van der Waals surface area contributed by atoms with E-state index in [0.29, 0.717) is 42.4 Å². The van der Waals surface area contributed by atoms with Crippen LogP contribution >= 0.6 is 0 Å². The van der Waals surface area contributed by atoms with Gasteiger partial charge in [-0.05, 0) is 49.1 Å². The second-order valence-electron chi connectivity index (χ2n) is 8.13. The van der Waals surface area contributed by atoms with E-state index in [0.717, 1.165) is 12.8 Å². The molecule has 1 aliphatic rings. The Morgan fingerprint density at radius 3 is 2.50 bits per heavy atom. The predicted molar refractivity (Wildman–Crippen MR) is 117 cm³/mol. The number of hydrogen-bond donors (Lipinski definition) is 2. The van der Waals surface area contributed by atoms with Crippen molar-refractivity contribution in [2.75, 3.05) is 25.0 Å². The van der Waals surface area contributed by atoms with E-state index >= 15 is 0 Å². The summed E-state index contributed by atoms with van der Waals surface area (Å²) < 4.78 is 0. The first-order valence-corrected chi connectivity index (χ1v) is 10.5. The topological polar surface area (TPSA) is 78.5 Å². The van der Waals surface area contributed by atoms with Gasteiger partial charge < -0.3 is 15.5 Å². The summed E-state index contributed by atoms with van der Waals surface area (Å²) in [5.41, 5.74) is 1.63. The molecule has 3 rings (SSSR count). The maximum absolute atomic E-state index is 13.0. The van der Waals surface area contributed by atoms with Gasteiger partial charge in [0.2, 0.25) is 5.91 Å². The van der Waals surface area contributed by atoms with E-state index in [1.807, 2.05) is 6.07 Å². The number of benzene rings is 2. The fourth-order valence-electron chi connectivity index (χ4n) is 3.53. The molecule has 1 fully saturated rings. The molecule has 0 spiro atoms. The molecule has 1 saturated heterocycles. The van der Waals surface area contributed by atoms with Gasteiger partial charge in [0.15, 0.2) is 0 Å². The number of rotatable bonds is 6. The summed E-state index contributed by atoms with van der Waals surface area (Å²) in [6.07, 6.45) is 1.59. The fraction of sp³-hybridized carbons (Fsp3) is 0.375. The highest BCUT2D eigenvalue weighted by molar-refractivity contribution is 6.05. The number of nitrogens with one attached hydrogen (secondary N) is 2. The molecule has 1 atom stereocenters. The number of carbonyl (C=O) groups excluding carboxylic acids is 3. The highest BCUT2D eigenvalue weighted by atomic mass is 16.2. The minimum atomic E-state index is -0.222. The van der Waals surface area contributed by atoms with Gasteiger partial charge in [-0.1, -0.05) is 38.1 Å². The molecular weight excluding hydrogens is 378 g/mol. The summed E-state index contributed by atoms with van der Waals surface area (Å²) in [7, 11) is 0.